The molecule has 1 N–H and O–H groups in total. The van der Waals surface area contributed by atoms with Gasteiger partial charge in [0.25, 0.3) is 0 Å². The van der Waals surface area contributed by atoms with Crippen LogP contribution in [0.2, 0.25) is 0 Å². The van der Waals surface area contributed by atoms with Gasteiger partial charge in [0.15, 0.2) is 0 Å². The van der Waals surface area contributed by atoms with Crippen LogP contribution in [0.25, 0.3) is 0 Å². The van der Waals surface area contributed by atoms with Gasteiger partial charge < -0.3 is 9.88 Å². The first-order valence-electron chi connectivity index (χ1n) is 6.50. The van der Waals surface area contributed by atoms with Crippen molar-refractivity contribution in [1.29, 1.82) is 0 Å². The molecule has 0 saturated heterocycles. The molecule has 18 heavy (non-hydrogen) atoms. The Morgan fingerprint density at radius 1 is 1.22 bits per heavy atom. The van der Waals surface area contributed by atoms with Gasteiger partial charge in [-0.25, -0.2) is 0 Å². The van der Waals surface area contributed by atoms with Gasteiger partial charge in [0.05, 0.1) is 0 Å². The van der Waals surface area contributed by atoms with E-state index < -0.39 is 0 Å². The Labute approximate surface area is 110 Å². The summed E-state index contributed by atoms with van der Waals surface area (Å²) in [6, 6.07) is 11.3. The summed E-state index contributed by atoms with van der Waals surface area (Å²) < 4.78 is 2.32. The molecule has 0 radical (unpaired) electrons. The maximum atomic E-state index is 3.30. The van der Waals surface area contributed by atoms with Crippen LogP contribution >= 0.6 is 0 Å². The topological polar surface area (TPSA) is 17.0 Å². The first-order valence-corrected chi connectivity index (χ1v) is 6.50. The Bertz CT molecular complexity index is 526. The molecule has 0 bridgehead atoms. The predicted molar refractivity (Wildman–Crippen MR) is 76.9 cm³/mol. The SMILES string of the molecule is CNC(C)c1cccn1Cc1cc(C)ccc1C. The first kappa shape index (κ1) is 12.9. The van der Waals surface area contributed by atoms with Gasteiger partial charge in [-0.1, -0.05) is 23.8 Å². The van der Waals surface area contributed by atoms with Crippen molar-refractivity contribution < 1.29 is 0 Å². The van der Waals surface area contributed by atoms with Crippen LogP contribution in [0.3, 0.4) is 0 Å². The molecule has 2 nitrogen and oxygen atoms in total. The molecule has 0 aliphatic rings. The molecule has 1 atom stereocenters. The lowest BCUT2D eigenvalue weighted by Crippen LogP contribution is -2.17. The summed E-state index contributed by atoms with van der Waals surface area (Å²) in [6.07, 6.45) is 2.16. The number of aryl methyl sites for hydroxylation is 2. The van der Waals surface area contributed by atoms with Crippen LogP contribution < -0.4 is 5.32 Å². The number of nitrogens with one attached hydrogen (secondary N) is 1. The van der Waals surface area contributed by atoms with Crippen LogP contribution in [0.1, 0.15) is 35.3 Å². The molecule has 96 valence electrons. The van der Waals surface area contributed by atoms with Crippen molar-refractivity contribution in [2.75, 3.05) is 7.05 Å². The summed E-state index contributed by atoms with van der Waals surface area (Å²) in [5.41, 5.74) is 5.41. The molecule has 2 heteroatoms. The minimum atomic E-state index is 0.380. The van der Waals surface area contributed by atoms with E-state index in [0.717, 1.165) is 6.54 Å². The third-order valence-electron chi connectivity index (χ3n) is 3.59. The van der Waals surface area contributed by atoms with E-state index in [-0.39, 0.29) is 0 Å². The van der Waals surface area contributed by atoms with Crippen LogP contribution in [0, 0.1) is 13.8 Å². The van der Waals surface area contributed by atoms with E-state index in [1.54, 1.807) is 0 Å². The molecular weight excluding hydrogens is 220 g/mol. The molecule has 0 aliphatic heterocycles. The number of aromatic nitrogens is 1. The van der Waals surface area contributed by atoms with Crippen LogP contribution in [-0.2, 0) is 6.54 Å². The molecule has 0 saturated carbocycles. The van der Waals surface area contributed by atoms with E-state index in [4.69, 9.17) is 0 Å². The lowest BCUT2D eigenvalue weighted by Gasteiger charge is -2.16. The largest absolute Gasteiger partial charge is 0.346 e. The lowest BCUT2D eigenvalue weighted by molar-refractivity contribution is 0.589. The third-order valence-corrected chi connectivity index (χ3v) is 3.59. The summed E-state index contributed by atoms with van der Waals surface area (Å²) in [6.45, 7) is 7.46. The minimum Gasteiger partial charge on any atom is -0.346 e. The first-order chi connectivity index (χ1) is 8.61. The summed E-state index contributed by atoms with van der Waals surface area (Å²) in [4.78, 5) is 0. The van der Waals surface area contributed by atoms with Gasteiger partial charge in [-0.3, -0.25) is 0 Å². The van der Waals surface area contributed by atoms with Crippen LogP contribution in [0.4, 0.5) is 0 Å². The second kappa shape index (κ2) is 5.40. The predicted octanol–water partition coefficient (Wildman–Crippen LogP) is 3.43. The lowest BCUT2D eigenvalue weighted by atomic mass is 10.1. The highest BCUT2D eigenvalue weighted by Crippen LogP contribution is 2.17. The summed E-state index contributed by atoms with van der Waals surface area (Å²) in [7, 11) is 2.00. The van der Waals surface area contributed by atoms with Crippen LogP contribution in [0.15, 0.2) is 36.5 Å². The van der Waals surface area contributed by atoms with Gasteiger partial charge in [0, 0.05) is 24.5 Å². The van der Waals surface area contributed by atoms with Gasteiger partial charge in [0.1, 0.15) is 0 Å². The summed E-state index contributed by atoms with van der Waals surface area (Å²) in [5, 5.41) is 3.30. The fourth-order valence-corrected chi connectivity index (χ4v) is 2.27. The zero-order chi connectivity index (χ0) is 13.1. The second-order valence-corrected chi connectivity index (χ2v) is 5.00. The van der Waals surface area contributed by atoms with Crippen molar-refractivity contribution in [3.63, 3.8) is 0 Å². The zero-order valence-corrected chi connectivity index (χ0v) is 11.7. The monoisotopic (exact) mass is 242 g/mol. The Balaban J connectivity index is 2.29. The molecule has 1 aromatic heterocycles. The molecule has 1 unspecified atom stereocenters. The minimum absolute atomic E-state index is 0.380. The van der Waals surface area contributed by atoms with Gasteiger partial charge in [-0.05, 0) is 51.1 Å². The highest BCUT2D eigenvalue weighted by Gasteiger charge is 2.09. The Morgan fingerprint density at radius 2 is 2.00 bits per heavy atom. The molecule has 2 rings (SSSR count). The normalized spacial score (nSPS) is 12.7. The maximum absolute atomic E-state index is 3.30. The van der Waals surface area contributed by atoms with Gasteiger partial charge in [-0.15, -0.1) is 0 Å². The van der Waals surface area contributed by atoms with E-state index >= 15 is 0 Å². The fourth-order valence-electron chi connectivity index (χ4n) is 2.27. The average molecular weight is 242 g/mol. The standard InChI is InChI=1S/C16H22N2/c1-12-7-8-13(2)15(10-12)11-18-9-5-6-16(18)14(3)17-4/h5-10,14,17H,11H2,1-4H3. The number of nitrogens with zero attached hydrogens (tertiary/aromatic N) is 1. The molecule has 1 heterocycles. The van der Waals surface area contributed by atoms with Crippen molar-refractivity contribution in [3.05, 3.63) is 58.9 Å². The smallest absolute Gasteiger partial charge is 0.0476 e. The van der Waals surface area contributed by atoms with E-state index in [2.05, 4.69) is 67.2 Å². The Morgan fingerprint density at radius 3 is 2.72 bits per heavy atom. The summed E-state index contributed by atoms with van der Waals surface area (Å²) in [5.74, 6) is 0. The number of hydrogen-bond donors (Lipinski definition) is 1. The number of hydrogen-bond acceptors (Lipinski definition) is 1. The van der Waals surface area contributed by atoms with E-state index in [9.17, 15) is 0 Å². The van der Waals surface area contributed by atoms with Gasteiger partial charge >= 0.3 is 0 Å². The molecule has 0 fully saturated rings. The molecule has 0 amide bonds. The van der Waals surface area contributed by atoms with Gasteiger partial charge in [0.2, 0.25) is 0 Å². The molecule has 0 aliphatic carbocycles. The number of benzene rings is 1. The van der Waals surface area contributed by atoms with Crippen LogP contribution in [-0.4, -0.2) is 11.6 Å². The summed E-state index contributed by atoms with van der Waals surface area (Å²) >= 11 is 0. The highest BCUT2D eigenvalue weighted by atomic mass is 15.0. The van der Waals surface area contributed by atoms with Gasteiger partial charge in [-0.2, -0.15) is 0 Å². The quantitative estimate of drug-likeness (QED) is 0.869. The molecular formula is C16H22N2. The fraction of sp³-hybridized carbons (Fsp3) is 0.375. The molecule has 0 spiro atoms. The van der Waals surface area contributed by atoms with Crippen LogP contribution in [0.5, 0.6) is 0 Å². The van der Waals surface area contributed by atoms with Crippen molar-refractivity contribution in [2.45, 2.75) is 33.4 Å². The second-order valence-electron chi connectivity index (χ2n) is 5.00. The van der Waals surface area contributed by atoms with E-state index in [1.807, 2.05) is 7.05 Å². The Hall–Kier alpha value is -1.54. The Kier molecular flexibility index (Phi) is 3.87. The van der Waals surface area contributed by atoms with Crippen molar-refractivity contribution in [3.8, 4) is 0 Å². The van der Waals surface area contributed by atoms with E-state index in [1.165, 1.54) is 22.4 Å². The third kappa shape index (κ3) is 2.65. The zero-order valence-electron chi connectivity index (χ0n) is 11.7. The maximum Gasteiger partial charge on any atom is 0.0476 e. The van der Waals surface area contributed by atoms with Crippen molar-refractivity contribution in [2.24, 2.45) is 0 Å². The van der Waals surface area contributed by atoms with Crippen molar-refractivity contribution >= 4 is 0 Å². The van der Waals surface area contributed by atoms with E-state index in [0.29, 0.717) is 6.04 Å². The number of rotatable bonds is 4. The average Bonchev–Trinajstić information content (AvgIpc) is 2.81. The molecule has 1 aromatic carbocycles. The molecule has 2 aromatic rings. The van der Waals surface area contributed by atoms with Crippen molar-refractivity contribution in [1.82, 2.24) is 9.88 Å². The highest BCUT2D eigenvalue weighted by molar-refractivity contribution is 5.31.